The van der Waals surface area contributed by atoms with Crippen molar-refractivity contribution in [2.75, 3.05) is 39.0 Å². The highest BCUT2D eigenvalue weighted by Crippen LogP contribution is 2.20. The molecule has 9 heteroatoms. The SMILES string of the molecule is CC(C)(NS(C)(=O)=O)C(=O)N1CCCC(N2CCNCC2=O)C1. The van der Waals surface area contributed by atoms with Gasteiger partial charge in [0.2, 0.25) is 21.8 Å². The first-order valence-electron chi connectivity index (χ1n) is 7.89. The van der Waals surface area contributed by atoms with Crippen LogP contribution in [0.15, 0.2) is 0 Å². The maximum atomic E-state index is 12.7. The van der Waals surface area contributed by atoms with E-state index in [2.05, 4.69) is 10.0 Å². The molecule has 132 valence electrons. The van der Waals surface area contributed by atoms with Gasteiger partial charge >= 0.3 is 0 Å². The van der Waals surface area contributed by atoms with Gasteiger partial charge < -0.3 is 15.1 Å². The second kappa shape index (κ2) is 6.74. The van der Waals surface area contributed by atoms with E-state index in [1.165, 1.54) is 0 Å². The zero-order valence-electron chi connectivity index (χ0n) is 14.0. The van der Waals surface area contributed by atoms with Gasteiger partial charge in [0.05, 0.1) is 12.8 Å². The summed E-state index contributed by atoms with van der Waals surface area (Å²) in [5.41, 5.74) is -1.19. The molecule has 0 aromatic rings. The predicted octanol–water partition coefficient (Wildman–Crippen LogP) is -1.26. The summed E-state index contributed by atoms with van der Waals surface area (Å²) >= 11 is 0. The molecule has 8 nitrogen and oxygen atoms in total. The topological polar surface area (TPSA) is 98.8 Å². The van der Waals surface area contributed by atoms with E-state index in [4.69, 9.17) is 0 Å². The van der Waals surface area contributed by atoms with Crippen molar-refractivity contribution in [3.63, 3.8) is 0 Å². The van der Waals surface area contributed by atoms with Crippen molar-refractivity contribution in [2.45, 2.75) is 38.3 Å². The zero-order valence-corrected chi connectivity index (χ0v) is 14.8. The van der Waals surface area contributed by atoms with Crippen LogP contribution in [0.3, 0.4) is 0 Å². The zero-order chi connectivity index (χ0) is 17.3. The lowest BCUT2D eigenvalue weighted by molar-refractivity contribution is -0.143. The van der Waals surface area contributed by atoms with Crippen LogP contribution in [0.5, 0.6) is 0 Å². The van der Waals surface area contributed by atoms with Crippen LogP contribution in [0, 0.1) is 0 Å². The molecule has 2 heterocycles. The van der Waals surface area contributed by atoms with Gasteiger partial charge in [-0.25, -0.2) is 13.1 Å². The summed E-state index contributed by atoms with van der Waals surface area (Å²) in [6, 6.07) is 0.0105. The molecule has 0 aromatic heterocycles. The highest BCUT2D eigenvalue weighted by molar-refractivity contribution is 7.88. The third kappa shape index (κ3) is 4.65. The lowest BCUT2D eigenvalue weighted by Gasteiger charge is -2.43. The van der Waals surface area contributed by atoms with Crippen molar-refractivity contribution in [3.05, 3.63) is 0 Å². The van der Waals surface area contributed by atoms with E-state index in [1.54, 1.807) is 18.7 Å². The molecule has 1 unspecified atom stereocenters. The van der Waals surface area contributed by atoms with Gasteiger partial charge in [0.15, 0.2) is 0 Å². The van der Waals surface area contributed by atoms with Crippen LogP contribution in [0.25, 0.3) is 0 Å². The number of hydrogen-bond donors (Lipinski definition) is 2. The first-order valence-corrected chi connectivity index (χ1v) is 9.78. The van der Waals surface area contributed by atoms with Gasteiger partial charge in [0.25, 0.3) is 0 Å². The van der Waals surface area contributed by atoms with Crippen LogP contribution >= 0.6 is 0 Å². The second-order valence-corrected chi connectivity index (χ2v) is 8.56. The van der Waals surface area contributed by atoms with Crippen LogP contribution in [0.2, 0.25) is 0 Å². The number of hydrogen-bond acceptors (Lipinski definition) is 5. The van der Waals surface area contributed by atoms with Crippen LogP contribution in [-0.2, 0) is 19.6 Å². The highest BCUT2D eigenvalue weighted by Gasteiger charge is 2.38. The third-order valence-corrected chi connectivity index (χ3v) is 5.11. The standard InChI is InChI=1S/C14H26N4O4S/c1-14(2,16-23(3,21)22)13(20)17-7-4-5-11(10-17)18-8-6-15-9-12(18)19/h11,15-16H,4-10H2,1-3H3. The number of sulfonamides is 1. The van der Waals surface area contributed by atoms with E-state index >= 15 is 0 Å². The number of carbonyl (C=O) groups excluding carboxylic acids is 2. The van der Waals surface area contributed by atoms with Crippen molar-refractivity contribution in [1.29, 1.82) is 0 Å². The fourth-order valence-corrected chi connectivity index (χ4v) is 4.32. The molecule has 0 saturated carbocycles. The van der Waals surface area contributed by atoms with Crippen molar-refractivity contribution in [3.8, 4) is 0 Å². The second-order valence-electron chi connectivity index (χ2n) is 6.81. The Labute approximate surface area is 137 Å². The van der Waals surface area contributed by atoms with Gasteiger partial charge in [-0.3, -0.25) is 9.59 Å². The third-order valence-electron chi connectivity index (χ3n) is 4.23. The van der Waals surface area contributed by atoms with Crippen molar-refractivity contribution in [1.82, 2.24) is 19.8 Å². The Morgan fingerprint density at radius 3 is 2.65 bits per heavy atom. The number of likely N-dealkylation sites (tertiary alicyclic amines) is 1. The monoisotopic (exact) mass is 346 g/mol. The van der Waals surface area contributed by atoms with E-state index in [9.17, 15) is 18.0 Å². The predicted molar refractivity (Wildman–Crippen MR) is 86.2 cm³/mol. The summed E-state index contributed by atoms with van der Waals surface area (Å²) in [5, 5.41) is 3.04. The minimum atomic E-state index is -3.48. The Hall–Kier alpha value is -1.19. The summed E-state index contributed by atoms with van der Waals surface area (Å²) in [6.07, 6.45) is 2.72. The number of amides is 2. The van der Waals surface area contributed by atoms with E-state index in [0.29, 0.717) is 26.2 Å². The van der Waals surface area contributed by atoms with Gasteiger partial charge in [-0.1, -0.05) is 0 Å². The maximum Gasteiger partial charge on any atom is 0.243 e. The summed E-state index contributed by atoms with van der Waals surface area (Å²) in [4.78, 5) is 28.2. The number of rotatable bonds is 4. The lowest BCUT2D eigenvalue weighted by atomic mass is 9.99. The molecule has 2 rings (SSSR count). The van der Waals surface area contributed by atoms with Crippen LogP contribution in [0.1, 0.15) is 26.7 Å². The molecule has 2 fully saturated rings. The van der Waals surface area contributed by atoms with E-state index < -0.39 is 15.6 Å². The Bertz CT molecular complexity index is 575. The summed E-state index contributed by atoms with van der Waals surface area (Å²) in [5.74, 6) is -0.195. The minimum Gasteiger partial charge on any atom is -0.339 e. The van der Waals surface area contributed by atoms with Crippen LogP contribution < -0.4 is 10.0 Å². The number of piperidine rings is 1. The molecule has 0 spiro atoms. The fourth-order valence-electron chi connectivity index (χ4n) is 3.30. The molecule has 1 atom stereocenters. The normalized spacial score (nSPS) is 24.0. The average molecular weight is 346 g/mol. The minimum absolute atomic E-state index is 0.0105. The van der Waals surface area contributed by atoms with Crippen molar-refractivity contribution in [2.24, 2.45) is 0 Å². The molecule has 2 aliphatic rings. The molecule has 2 N–H and O–H groups in total. The molecule has 2 saturated heterocycles. The lowest BCUT2D eigenvalue weighted by Crippen LogP contribution is -2.61. The quantitative estimate of drug-likeness (QED) is 0.662. The Morgan fingerprint density at radius 2 is 2.04 bits per heavy atom. The maximum absolute atomic E-state index is 12.7. The first kappa shape index (κ1) is 18.2. The van der Waals surface area contributed by atoms with E-state index in [-0.39, 0.29) is 17.9 Å². The Balaban J connectivity index is 2.05. The number of piperazine rings is 1. The number of carbonyl (C=O) groups is 2. The van der Waals surface area contributed by atoms with Gasteiger partial charge in [0.1, 0.15) is 5.54 Å². The smallest absolute Gasteiger partial charge is 0.243 e. The molecule has 0 radical (unpaired) electrons. The Kier molecular flexibility index (Phi) is 5.32. The molecular formula is C14H26N4O4S. The summed E-state index contributed by atoms with van der Waals surface area (Å²) < 4.78 is 25.3. The van der Waals surface area contributed by atoms with Crippen LogP contribution in [-0.4, -0.2) is 80.6 Å². The molecular weight excluding hydrogens is 320 g/mol. The number of nitrogens with zero attached hydrogens (tertiary/aromatic N) is 2. The Morgan fingerprint density at radius 1 is 1.35 bits per heavy atom. The van der Waals surface area contributed by atoms with Gasteiger partial charge in [0, 0.05) is 32.2 Å². The largest absolute Gasteiger partial charge is 0.339 e. The van der Waals surface area contributed by atoms with Gasteiger partial charge in [-0.15, -0.1) is 0 Å². The van der Waals surface area contributed by atoms with E-state index in [0.717, 1.165) is 25.6 Å². The fraction of sp³-hybridized carbons (Fsp3) is 0.857. The summed E-state index contributed by atoms with van der Waals surface area (Å²) in [6.45, 7) is 5.93. The van der Waals surface area contributed by atoms with Gasteiger partial charge in [-0.2, -0.15) is 0 Å². The molecule has 0 aromatic carbocycles. The van der Waals surface area contributed by atoms with Gasteiger partial charge in [-0.05, 0) is 26.7 Å². The first-order chi connectivity index (χ1) is 10.6. The average Bonchev–Trinajstić information content (AvgIpc) is 2.44. The van der Waals surface area contributed by atoms with E-state index in [1.807, 2.05) is 4.90 Å². The molecule has 0 bridgehead atoms. The number of nitrogens with one attached hydrogen (secondary N) is 2. The van der Waals surface area contributed by atoms with Crippen molar-refractivity contribution < 1.29 is 18.0 Å². The summed E-state index contributed by atoms with van der Waals surface area (Å²) in [7, 11) is -3.48. The highest BCUT2D eigenvalue weighted by atomic mass is 32.2. The molecule has 2 aliphatic heterocycles. The van der Waals surface area contributed by atoms with Crippen LogP contribution in [0.4, 0.5) is 0 Å². The molecule has 0 aliphatic carbocycles. The van der Waals surface area contributed by atoms with Crippen molar-refractivity contribution >= 4 is 21.8 Å². The molecule has 2 amide bonds. The molecule has 23 heavy (non-hydrogen) atoms.